The summed E-state index contributed by atoms with van der Waals surface area (Å²) in [5.41, 5.74) is 2.86. The quantitative estimate of drug-likeness (QED) is 0.256. The summed E-state index contributed by atoms with van der Waals surface area (Å²) in [6.45, 7) is 4.72. The molecule has 1 atom stereocenters. The van der Waals surface area contributed by atoms with Crippen molar-refractivity contribution in [2.45, 2.75) is 38.1 Å². The summed E-state index contributed by atoms with van der Waals surface area (Å²) in [5.74, 6) is 5.47. The highest BCUT2D eigenvalue weighted by atomic mass is 15.3. The molecule has 0 amide bonds. The lowest BCUT2D eigenvalue weighted by Gasteiger charge is -2.19. The van der Waals surface area contributed by atoms with Crippen LogP contribution in [0.1, 0.15) is 32.1 Å². The van der Waals surface area contributed by atoms with Crippen LogP contribution in [0.2, 0.25) is 0 Å². The van der Waals surface area contributed by atoms with Gasteiger partial charge in [-0.3, -0.25) is 11.3 Å². The molecule has 0 saturated carbocycles. The summed E-state index contributed by atoms with van der Waals surface area (Å²) in [6, 6.07) is 0.425. The van der Waals surface area contributed by atoms with Crippen molar-refractivity contribution >= 4 is 0 Å². The minimum atomic E-state index is 0.425. The molecular formula is C11H25N3. The van der Waals surface area contributed by atoms with Crippen LogP contribution >= 0.6 is 0 Å². The topological polar surface area (TPSA) is 41.3 Å². The first kappa shape index (κ1) is 13.6. The van der Waals surface area contributed by atoms with Gasteiger partial charge in [0.1, 0.15) is 0 Å². The van der Waals surface area contributed by atoms with Crippen molar-refractivity contribution in [2.75, 3.05) is 20.6 Å². The van der Waals surface area contributed by atoms with Crippen molar-refractivity contribution in [3.05, 3.63) is 12.7 Å². The van der Waals surface area contributed by atoms with Gasteiger partial charge in [0, 0.05) is 12.6 Å². The van der Waals surface area contributed by atoms with Gasteiger partial charge in [-0.15, -0.1) is 6.58 Å². The van der Waals surface area contributed by atoms with Crippen molar-refractivity contribution in [3.63, 3.8) is 0 Å². The number of hydrazine groups is 1. The Labute approximate surface area is 88.3 Å². The monoisotopic (exact) mass is 199 g/mol. The first-order chi connectivity index (χ1) is 6.70. The molecule has 0 heterocycles. The molecule has 0 bridgehead atoms. The molecule has 3 N–H and O–H groups in total. The van der Waals surface area contributed by atoms with E-state index in [1.54, 1.807) is 0 Å². The van der Waals surface area contributed by atoms with E-state index in [1.807, 2.05) is 6.08 Å². The van der Waals surface area contributed by atoms with Crippen LogP contribution < -0.4 is 11.3 Å². The summed E-state index contributed by atoms with van der Waals surface area (Å²) in [6.07, 6.45) is 8.05. The Kier molecular flexibility index (Phi) is 8.94. The molecule has 0 aliphatic rings. The number of allylic oxidation sites excluding steroid dienone is 1. The van der Waals surface area contributed by atoms with Gasteiger partial charge in [-0.25, -0.2) is 0 Å². The lowest BCUT2D eigenvalue weighted by molar-refractivity contribution is 0.323. The van der Waals surface area contributed by atoms with Gasteiger partial charge >= 0.3 is 0 Å². The van der Waals surface area contributed by atoms with E-state index in [0.29, 0.717) is 6.04 Å². The molecule has 0 radical (unpaired) electrons. The SMILES string of the molecule is C=CCCCCCC(CN(C)C)NN. The van der Waals surface area contributed by atoms with Gasteiger partial charge in [-0.1, -0.05) is 18.9 Å². The molecule has 84 valence electrons. The fourth-order valence-corrected chi connectivity index (χ4v) is 1.52. The fraction of sp³-hybridized carbons (Fsp3) is 0.818. The zero-order valence-electron chi connectivity index (χ0n) is 9.63. The standard InChI is InChI=1S/C11H25N3/c1-4-5-6-7-8-9-11(13-12)10-14(2)3/h4,11,13H,1,5-10,12H2,2-3H3. The molecule has 0 rings (SSSR count). The first-order valence-corrected chi connectivity index (χ1v) is 5.42. The number of hydrogen-bond donors (Lipinski definition) is 2. The highest BCUT2D eigenvalue weighted by Gasteiger charge is 2.06. The third-order valence-electron chi connectivity index (χ3n) is 2.28. The van der Waals surface area contributed by atoms with E-state index in [0.717, 1.165) is 19.4 Å². The molecule has 1 unspecified atom stereocenters. The van der Waals surface area contributed by atoms with Crippen LogP contribution in [0.3, 0.4) is 0 Å². The van der Waals surface area contributed by atoms with Gasteiger partial charge in [0.15, 0.2) is 0 Å². The Bertz CT molecular complexity index is 134. The van der Waals surface area contributed by atoms with Crippen LogP contribution in [0, 0.1) is 0 Å². The largest absolute Gasteiger partial charge is 0.308 e. The van der Waals surface area contributed by atoms with E-state index >= 15 is 0 Å². The van der Waals surface area contributed by atoms with Crippen LogP contribution in [-0.2, 0) is 0 Å². The van der Waals surface area contributed by atoms with Gasteiger partial charge in [0.2, 0.25) is 0 Å². The zero-order chi connectivity index (χ0) is 10.8. The smallest absolute Gasteiger partial charge is 0.0337 e. The van der Waals surface area contributed by atoms with Gasteiger partial charge < -0.3 is 4.90 Å². The summed E-state index contributed by atoms with van der Waals surface area (Å²) >= 11 is 0. The molecule has 0 spiro atoms. The summed E-state index contributed by atoms with van der Waals surface area (Å²) in [7, 11) is 4.14. The van der Waals surface area contributed by atoms with Gasteiger partial charge in [-0.2, -0.15) is 0 Å². The summed E-state index contributed by atoms with van der Waals surface area (Å²) < 4.78 is 0. The van der Waals surface area contributed by atoms with Gasteiger partial charge in [-0.05, 0) is 33.4 Å². The van der Waals surface area contributed by atoms with E-state index in [1.165, 1.54) is 19.3 Å². The Balaban J connectivity index is 3.37. The average molecular weight is 199 g/mol. The second-order valence-electron chi connectivity index (χ2n) is 4.05. The van der Waals surface area contributed by atoms with E-state index in [-0.39, 0.29) is 0 Å². The normalized spacial score (nSPS) is 13.1. The number of unbranched alkanes of at least 4 members (excludes halogenated alkanes) is 3. The van der Waals surface area contributed by atoms with Crippen LogP contribution in [-0.4, -0.2) is 31.6 Å². The predicted octanol–water partition coefficient (Wildman–Crippen LogP) is 1.52. The van der Waals surface area contributed by atoms with Crippen LogP contribution in [0.5, 0.6) is 0 Å². The number of nitrogens with two attached hydrogens (primary N) is 1. The maximum absolute atomic E-state index is 5.47. The van der Waals surface area contributed by atoms with Gasteiger partial charge in [0.25, 0.3) is 0 Å². The van der Waals surface area contributed by atoms with Gasteiger partial charge in [0.05, 0.1) is 0 Å². The number of nitrogens with one attached hydrogen (secondary N) is 1. The Hall–Kier alpha value is -0.380. The molecule has 0 aromatic rings. The predicted molar refractivity (Wildman–Crippen MR) is 62.9 cm³/mol. The van der Waals surface area contributed by atoms with Crippen molar-refractivity contribution in [1.82, 2.24) is 10.3 Å². The first-order valence-electron chi connectivity index (χ1n) is 5.42. The summed E-state index contributed by atoms with van der Waals surface area (Å²) in [5, 5.41) is 0. The molecule has 0 aromatic carbocycles. The number of likely N-dealkylation sites (N-methyl/N-ethyl adjacent to an activating group) is 1. The minimum absolute atomic E-state index is 0.425. The fourth-order valence-electron chi connectivity index (χ4n) is 1.52. The molecule has 14 heavy (non-hydrogen) atoms. The Morgan fingerprint density at radius 3 is 2.57 bits per heavy atom. The average Bonchev–Trinajstić information content (AvgIpc) is 2.15. The molecule has 0 aliphatic carbocycles. The van der Waals surface area contributed by atoms with Crippen LogP contribution in [0.15, 0.2) is 12.7 Å². The molecule has 0 fully saturated rings. The lowest BCUT2D eigenvalue weighted by atomic mass is 10.1. The Morgan fingerprint density at radius 2 is 2.07 bits per heavy atom. The zero-order valence-corrected chi connectivity index (χ0v) is 9.63. The molecule has 0 saturated heterocycles. The molecule has 0 aromatic heterocycles. The molecular weight excluding hydrogens is 174 g/mol. The number of rotatable bonds is 9. The lowest BCUT2D eigenvalue weighted by Crippen LogP contribution is -2.42. The Morgan fingerprint density at radius 1 is 1.36 bits per heavy atom. The molecule has 0 aliphatic heterocycles. The third-order valence-corrected chi connectivity index (χ3v) is 2.28. The molecule has 3 heteroatoms. The van der Waals surface area contributed by atoms with Crippen molar-refractivity contribution in [2.24, 2.45) is 5.84 Å². The summed E-state index contributed by atoms with van der Waals surface area (Å²) in [4.78, 5) is 2.16. The maximum atomic E-state index is 5.47. The van der Waals surface area contributed by atoms with Crippen molar-refractivity contribution in [1.29, 1.82) is 0 Å². The molecule has 3 nitrogen and oxygen atoms in total. The van der Waals surface area contributed by atoms with E-state index < -0.39 is 0 Å². The van der Waals surface area contributed by atoms with E-state index in [2.05, 4.69) is 31.0 Å². The highest BCUT2D eigenvalue weighted by Crippen LogP contribution is 2.06. The minimum Gasteiger partial charge on any atom is -0.308 e. The van der Waals surface area contributed by atoms with Crippen molar-refractivity contribution in [3.8, 4) is 0 Å². The second kappa shape index (κ2) is 9.19. The number of nitrogens with zero attached hydrogens (tertiary/aromatic N) is 1. The van der Waals surface area contributed by atoms with Crippen molar-refractivity contribution < 1.29 is 0 Å². The third kappa shape index (κ3) is 8.23. The van der Waals surface area contributed by atoms with E-state index in [4.69, 9.17) is 5.84 Å². The highest BCUT2D eigenvalue weighted by molar-refractivity contribution is 4.68. The van der Waals surface area contributed by atoms with Crippen LogP contribution in [0.4, 0.5) is 0 Å². The maximum Gasteiger partial charge on any atom is 0.0337 e. The van der Waals surface area contributed by atoms with E-state index in [9.17, 15) is 0 Å². The van der Waals surface area contributed by atoms with Crippen LogP contribution in [0.25, 0.3) is 0 Å². The number of hydrogen-bond acceptors (Lipinski definition) is 3. The second-order valence-corrected chi connectivity index (χ2v) is 4.05.